The molecular weight excluding hydrogens is 246 g/mol. The van der Waals surface area contributed by atoms with Crippen molar-refractivity contribution < 1.29 is 9.90 Å². The molecule has 0 unspecified atom stereocenters. The Bertz CT molecular complexity index is 681. The maximum absolute atomic E-state index is 11.1. The Labute approximate surface area is 108 Å². The molecule has 1 heterocycles. The van der Waals surface area contributed by atoms with Crippen molar-refractivity contribution in [1.29, 1.82) is 0 Å². The van der Waals surface area contributed by atoms with Crippen LogP contribution in [0.15, 0.2) is 42.5 Å². The summed E-state index contributed by atoms with van der Waals surface area (Å²) in [7, 11) is 0. The van der Waals surface area contributed by atoms with Gasteiger partial charge in [-0.15, -0.1) is 11.3 Å². The van der Waals surface area contributed by atoms with E-state index in [2.05, 4.69) is 4.98 Å². The Morgan fingerprint density at radius 1 is 1.28 bits per heavy atom. The molecule has 1 aliphatic carbocycles. The number of thiazole rings is 1. The molecule has 0 bridgehead atoms. The first-order valence-corrected chi connectivity index (χ1v) is 6.41. The molecule has 0 saturated heterocycles. The van der Waals surface area contributed by atoms with Crippen molar-refractivity contribution in [2.45, 2.75) is 12.5 Å². The van der Waals surface area contributed by atoms with Gasteiger partial charge in [0.1, 0.15) is 5.01 Å². The van der Waals surface area contributed by atoms with Gasteiger partial charge in [-0.05, 0) is 48.9 Å². The van der Waals surface area contributed by atoms with E-state index in [1.807, 2.05) is 25.1 Å². The zero-order valence-corrected chi connectivity index (χ0v) is 10.6. The van der Waals surface area contributed by atoms with Crippen LogP contribution in [0.5, 0.6) is 0 Å². The molecule has 1 N–H and O–H groups in total. The van der Waals surface area contributed by atoms with Crippen LogP contribution in [0.2, 0.25) is 0 Å². The highest BCUT2D eigenvalue weighted by Gasteiger charge is 2.29. The molecule has 0 fully saturated rings. The molecule has 90 valence electrons. The first-order valence-electron chi connectivity index (χ1n) is 5.59. The molecule has 0 radical (unpaired) electrons. The predicted octanol–water partition coefficient (Wildman–Crippen LogP) is 2.49. The molecule has 1 aromatic heterocycles. The monoisotopic (exact) mass is 257 g/mol. The smallest absolute Gasteiger partial charge is 0.178 e. The Hall–Kier alpha value is -1.78. The quantitative estimate of drug-likeness (QED) is 0.854. The summed E-state index contributed by atoms with van der Waals surface area (Å²) in [6, 6.07) is 6.00. The fourth-order valence-corrected chi connectivity index (χ4v) is 2.88. The van der Waals surface area contributed by atoms with Crippen LogP contribution in [0.25, 0.3) is 10.2 Å². The van der Waals surface area contributed by atoms with Gasteiger partial charge in [-0.1, -0.05) is 6.07 Å². The number of benzene rings is 1. The first-order chi connectivity index (χ1) is 8.57. The highest BCUT2D eigenvalue weighted by Crippen LogP contribution is 2.33. The Morgan fingerprint density at radius 3 is 2.72 bits per heavy atom. The number of aliphatic hydroxyl groups is 1. The molecule has 1 aliphatic rings. The lowest BCUT2D eigenvalue weighted by atomic mass is 9.98. The van der Waals surface area contributed by atoms with E-state index < -0.39 is 5.60 Å². The SMILES string of the molecule is Cc1ccc2sc(C3(O)C=CC(=O)C=C3)nc2c1. The molecule has 0 atom stereocenters. The number of hydrogen-bond acceptors (Lipinski definition) is 4. The second-order valence-electron chi connectivity index (χ2n) is 4.38. The topological polar surface area (TPSA) is 50.2 Å². The van der Waals surface area contributed by atoms with E-state index in [1.165, 1.54) is 35.6 Å². The van der Waals surface area contributed by atoms with Crippen LogP contribution in [0.3, 0.4) is 0 Å². The summed E-state index contributed by atoms with van der Waals surface area (Å²) in [5.41, 5.74) is 0.754. The largest absolute Gasteiger partial charge is 0.375 e. The van der Waals surface area contributed by atoms with E-state index in [0.717, 1.165) is 15.8 Å². The van der Waals surface area contributed by atoms with Crippen LogP contribution in [-0.4, -0.2) is 15.9 Å². The minimum Gasteiger partial charge on any atom is -0.375 e. The van der Waals surface area contributed by atoms with Crippen LogP contribution >= 0.6 is 11.3 Å². The van der Waals surface area contributed by atoms with Gasteiger partial charge in [0.05, 0.1) is 10.2 Å². The fourth-order valence-electron chi connectivity index (χ4n) is 1.88. The van der Waals surface area contributed by atoms with E-state index in [1.54, 1.807) is 0 Å². The van der Waals surface area contributed by atoms with Gasteiger partial charge in [-0.3, -0.25) is 4.79 Å². The Kier molecular flexibility index (Phi) is 2.43. The van der Waals surface area contributed by atoms with Gasteiger partial charge in [-0.2, -0.15) is 0 Å². The van der Waals surface area contributed by atoms with Crippen LogP contribution < -0.4 is 0 Å². The minimum atomic E-state index is -1.26. The van der Waals surface area contributed by atoms with Crippen molar-refractivity contribution in [3.05, 3.63) is 53.1 Å². The molecule has 18 heavy (non-hydrogen) atoms. The standard InChI is InChI=1S/C14H11NO2S/c1-9-2-3-12-11(8-9)15-13(18-12)14(17)6-4-10(16)5-7-14/h2-8,17H,1H3. The van der Waals surface area contributed by atoms with E-state index >= 15 is 0 Å². The summed E-state index contributed by atoms with van der Waals surface area (Å²) >= 11 is 1.44. The van der Waals surface area contributed by atoms with Crippen molar-refractivity contribution in [2.24, 2.45) is 0 Å². The third-order valence-electron chi connectivity index (χ3n) is 2.89. The minimum absolute atomic E-state index is 0.114. The molecule has 3 nitrogen and oxygen atoms in total. The highest BCUT2D eigenvalue weighted by atomic mass is 32.1. The van der Waals surface area contributed by atoms with Crippen molar-refractivity contribution >= 4 is 27.3 Å². The fraction of sp³-hybridized carbons (Fsp3) is 0.143. The molecule has 0 amide bonds. The van der Waals surface area contributed by atoms with Crippen molar-refractivity contribution in [1.82, 2.24) is 4.98 Å². The van der Waals surface area contributed by atoms with E-state index in [9.17, 15) is 9.90 Å². The van der Waals surface area contributed by atoms with Gasteiger partial charge in [0.15, 0.2) is 11.4 Å². The maximum atomic E-state index is 11.1. The average Bonchev–Trinajstić information content (AvgIpc) is 2.77. The van der Waals surface area contributed by atoms with Crippen LogP contribution in [-0.2, 0) is 10.4 Å². The summed E-state index contributed by atoms with van der Waals surface area (Å²) in [5, 5.41) is 11.0. The van der Waals surface area contributed by atoms with Crippen LogP contribution in [0, 0.1) is 6.92 Å². The Balaban J connectivity index is 2.12. The summed E-state index contributed by atoms with van der Waals surface area (Å²) in [5.74, 6) is -0.114. The number of rotatable bonds is 1. The zero-order chi connectivity index (χ0) is 12.8. The van der Waals surface area contributed by atoms with Crippen molar-refractivity contribution in [2.75, 3.05) is 0 Å². The molecule has 0 spiro atoms. The second-order valence-corrected chi connectivity index (χ2v) is 5.42. The molecule has 0 aliphatic heterocycles. The number of carbonyl (C=O) groups excluding carboxylic acids is 1. The highest BCUT2D eigenvalue weighted by molar-refractivity contribution is 7.18. The summed E-state index contributed by atoms with van der Waals surface area (Å²) < 4.78 is 1.03. The molecular formula is C14H11NO2S. The number of hydrogen-bond donors (Lipinski definition) is 1. The second kappa shape index (κ2) is 3.86. The normalized spacial score (nSPS) is 17.6. The van der Waals surface area contributed by atoms with E-state index in [4.69, 9.17) is 0 Å². The average molecular weight is 257 g/mol. The lowest BCUT2D eigenvalue weighted by Crippen LogP contribution is -2.22. The van der Waals surface area contributed by atoms with Crippen LogP contribution in [0.1, 0.15) is 10.6 Å². The van der Waals surface area contributed by atoms with Gasteiger partial charge in [0.25, 0.3) is 0 Å². The van der Waals surface area contributed by atoms with Gasteiger partial charge in [0, 0.05) is 0 Å². The maximum Gasteiger partial charge on any atom is 0.178 e. The zero-order valence-electron chi connectivity index (χ0n) is 9.75. The molecule has 4 heteroatoms. The van der Waals surface area contributed by atoms with Crippen molar-refractivity contribution in [3.63, 3.8) is 0 Å². The number of aromatic nitrogens is 1. The van der Waals surface area contributed by atoms with E-state index in [0.29, 0.717) is 5.01 Å². The summed E-state index contributed by atoms with van der Waals surface area (Å²) in [6.07, 6.45) is 5.72. The number of fused-ring (bicyclic) bond motifs is 1. The predicted molar refractivity (Wildman–Crippen MR) is 71.5 cm³/mol. The number of carbonyl (C=O) groups is 1. The Morgan fingerprint density at radius 2 is 2.00 bits per heavy atom. The molecule has 2 aromatic rings. The summed E-state index contributed by atoms with van der Waals surface area (Å²) in [4.78, 5) is 15.5. The molecule has 0 saturated carbocycles. The number of allylic oxidation sites excluding steroid dienone is 2. The third kappa shape index (κ3) is 1.79. The van der Waals surface area contributed by atoms with Gasteiger partial charge in [-0.25, -0.2) is 4.98 Å². The first kappa shape index (κ1) is 11.3. The van der Waals surface area contributed by atoms with Gasteiger partial charge >= 0.3 is 0 Å². The van der Waals surface area contributed by atoms with Crippen molar-refractivity contribution in [3.8, 4) is 0 Å². The van der Waals surface area contributed by atoms with E-state index in [-0.39, 0.29) is 5.78 Å². The molecule has 3 rings (SSSR count). The lowest BCUT2D eigenvalue weighted by molar-refractivity contribution is -0.110. The summed E-state index contributed by atoms with van der Waals surface area (Å²) in [6.45, 7) is 2.01. The van der Waals surface area contributed by atoms with Gasteiger partial charge < -0.3 is 5.11 Å². The number of aryl methyl sites for hydroxylation is 1. The third-order valence-corrected chi connectivity index (χ3v) is 4.07. The number of ketones is 1. The van der Waals surface area contributed by atoms with Crippen LogP contribution in [0.4, 0.5) is 0 Å². The molecule has 1 aromatic carbocycles. The number of nitrogens with zero attached hydrogens (tertiary/aromatic N) is 1. The lowest BCUT2D eigenvalue weighted by Gasteiger charge is -2.19. The van der Waals surface area contributed by atoms with Gasteiger partial charge in [0.2, 0.25) is 0 Å².